The average molecular weight is 285 g/mol. The quantitative estimate of drug-likeness (QED) is 0.641. The number of nitro groups is 1. The van der Waals surface area contributed by atoms with Crippen LogP contribution in [0.15, 0.2) is 18.2 Å². The summed E-state index contributed by atoms with van der Waals surface area (Å²) in [5.74, 6) is -0.316. The predicted octanol–water partition coefficient (Wildman–Crippen LogP) is 3.56. The van der Waals surface area contributed by atoms with Crippen LogP contribution in [-0.2, 0) is 0 Å². The molecule has 0 heterocycles. The van der Waals surface area contributed by atoms with Crippen LogP contribution in [0.5, 0.6) is 0 Å². The summed E-state index contributed by atoms with van der Waals surface area (Å²) in [6.45, 7) is 4.00. The second-order valence-electron chi connectivity index (χ2n) is 4.44. The van der Waals surface area contributed by atoms with Gasteiger partial charge in [-0.15, -0.1) is 0 Å². The number of halogens is 1. The SMILES string of the molecule is CCCCC(C)NC(=O)c1ccc(Cl)c([N+](=O)[O-])c1. The van der Waals surface area contributed by atoms with Crippen LogP contribution in [0.4, 0.5) is 5.69 Å². The predicted molar refractivity (Wildman–Crippen MR) is 74.6 cm³/mol. The maximum absolute atomic E-state index is 11.9. The number of amides is 1. The molecule has 104 valence electrons. The summed E-state index contributed by atoms with van der Waals surface area (Å²) < 4.78 is 0. The van der Waals surface area contributed by atoms with Gasteiger partial charge in [-0.3, -0.25) is 14.9 Å². The van der Waals surface area contributed by atoms with Crippen molar-refractivity contribution in [1.29, 1.82) is 0 Å². The summed E-state index contributed by atoms with van der Waals surface area (Å²) in [7, 11) is 0. The number of unbranched alkanes of at least 4 members (excludes halogenated alkanes) is 1. The minimum atomic E-state index is -0.598. The molecule has 19 heavy (non-hydrogen) atoms. The molecule has 1 amide bonds. The highest BCUT2D eigenvalue weighted by molar-refractivity contribution is 6.32. The molecule has 1 N–H and O–H groups in total. The van der Waals surface area contributed by atoms with E-state index >= 15 is 0 Å². The van der Waals surface area contributed by atoms with Crippen molar-refractivity contribution in [3.63, 3.8) is 0 Å². The monoisotopic (exact) mass is 284 g/mol. The Labute approximate surface area is 117 Å². The van der Waals surface area contributed by atoms with Crippen LogP contribution in [0.3, 0.4) is 0 Å². The first-order chi connectivity index (χ1) is 8.95. The van der Waals surface area contributed by atoms with E-state index in [-0.39, 0.29) is 28.2 Å². The number of carbonyl (C=O) groups is 1. The molecule has 0 aromatic heterocycles. The largest absolute Gasteiger partial charge is 0.350 e. The highest BCUT2D eigenvalue weighted by Gasteiger charge is 2.17. The highest BCUT2D eigenvalue weighted by atomic mass is 35.5. The maximum atomic E-state index is 11.9. The first-order valence-corrected chi connectivity index (χ1v) is 6.58. The van der Waals surface area contributed by atoms with Crippen LogP contribution < -0.4 is 5.32 Å². The van der Waals surface area contributed by atoms with Crippen LogP contribution >= 0.6 is 11.6 Å². The van der Waals surface area contributed by atoms with E-state index in [0.29, 0.717) is 0 Å². The zero-order valence-electron chi connectivity index (χ0n) is 11.0. The molecule has 0 fully saturated rings. The zero-order valence-corrected chi connectivity index (χ0v) is 11.7. The summed E-state index contributed by atoms with van der Waals surface area (Å²) in [4.78, 5) is 22.1. The number of nitrogens with one attached hydrogen (secondary N) is 1. The van der Waals surface area contributed by atoms with Crippen molar-refractivity contribution in [3.8, 4) is 0 Å². The normalized spacial score (nSPS) is 11.9. The molecular weight excluding hydrogens is 268 g/mol. The van der Waals surface area contributed by atoms with Gasteiger partial charge in [0.05, 0.1) is 4.92 Å². The van der Waals surface area contributed by atoms with Gasteiger partial charge < -0.3 is 5.32 Å². The topological polar surface area (TPSA) is 72.2 Å². The second-order valence-corrected chi connectivity index (χ2v) is 4.85. The number of nitro benzene ring substituents is 1. The molecular formula is C13H17ClN2O3. The molecule has 0 radical (unpaired) electrons. The fourth-order valence-corrected chi connectivity index (χ4v) is 1.87. The molecule has 0 aliphatic rings. The van der Waals surface area contributed by atoms with Gasteiger partial charge in [-0.25, -0.2) is 0 Å². The van der Waals surface area contributed by atoms with E-state index in [1.165, 1.54) is 18.2 Å². The Balaban J connectivity index is 2.77. The van der Waals surface area contributed by atoms with E-state index in [0.717, 1.165) is 19.3 Å². The standard InChI is InChI=1S/C13H17ClN2O3/c1-3-4-5-9(2)15-13(17)10-6-7-11(14)12(8-10)16(18)19/h6-9H,3-5H2,1-2H3,(H,15,17). The van der Waals surface area contributed by atoms with Crippen LogP contribution in [0.25, 0.3) is 0 Å². The summed E-state index contributed by atoms with van der Waals surface area (Å²) >= 11 is 5.70. The number of carbonyl (C=O) groups excluding carboxylic acids is 1. The van der Waals surface area contributed by atoms with E-state index in [1.54, 1.807) is 0 Å². The van der Waals surface area contributed by atoms with E-state index in [1.807, 2.05) is 6.92 Å². The fraction of sp³-hybridized carbons (Fsp3) is 0.462. The van der Waals surface area contributed by atoms with E-state index in [4.69, 9.17) is 11.6 Å². The van der Waals surface area contributed by atoms with Gasteiger partial charge in [0.1, 0.15) is 5.02 Å². The van der Waals surface area contributed by atoms with Gasteiger partial charge in [0.15, 0.2) is 0 Å². The van der Waals surface area contributed by atoms with Gasteiger partial charge in [-0.2, -0.15) is 0 Å². The molecule has 1 atom stereocenters. The lowest BCUT2D eigenvalue weighted by Gasteiger charge is -2.13. The number of nitrogens with zero attached hydrogens (tertiary/aromatic N) is 1. The zero-order chi connectivity index (χ0) is 14.4. The number of hydrogen-bond donors (Lipinski definition) is 1. The van der Waals surface area contributed by atoms with Crippen LogP contribution in [0, 0.1) is 10.1 Å². The van der Waals surface area contributed by atoms with Crippen molar-refractivity contribution in [2.45, 2.75) is 39.2 Å². The van der Waals surface area contributed by atoms with Gasteiger partial charge in [0, 0.05) is 17.7 Å². The van der Waals surface area contributed by atoms with Crippen molar-refractivity contribution in [2.75, 3.05) is 0 Å². The Hall–Kier alpha value is -1.62. The smallest absolute Gasteiger partial charge is 0.288 e. The molecule has 0 spiro atoms. The van der Waals surface area contributed by atoms with Gasteiger partial charge in [-0.1, -0.05) is 31.4 Å². The van der Waals surface area contributed by atoms with Crippen molar-refractivity contribution in [2.24, 2.45) is 0 Å². The maximum Gasteiger partial charge on any atom is 0.288 e. The van der Waals surface area contributed by atoms with Gasteiger partial charge in [0.2, 0.25) is 0 Å². The average Bonchev–Trinajstić information content (AvgIpc) is 2.36. The number of rotatable bonds is 6. The third kappa shape index (κ3) is 4.52. The molecule has 5 nitrogen and oxygen atoms in total. The number of hydrogen-bond acceptors (Lipinski definition) is 3. The van der Waals surface area contributed by atoms with Gasteiger partial charge in [-0.05, 0) is 25.5 Å². The Morgan fingerprint density at radius 3 is 2.79 bits per heavy atom. The van der Waals surface area contributed by atoms with Crippen molar-refractivity contribution < 1.29 is 9.72 Å². The van der Waals surface area contributed by atoms with Crippen LogP contribution in [0.1, 0.15) is 43.5 Å². The van der Waals surface area contributed by atoms with Crippen LogP contribution in [0.2, 0.25) is 5.02 Å². The Kier molecular flexibility index (Phi) is 5.76. The third-order valence-electron chi connectivity index (χ3n) is 2.77. The Morgan fingerprint density at radius 1 is 1.53 bits per heavy atom. The molecule has 6 heteroatoms. The van der Waals surface area contributed by atoms with E-state index in [2.05, 4.69) is 12.2 Å². The molecule has 0 saturated heterocycles. The van der Waals surface area contributed by atoms with Crippen molar-refractivity contribution >= 4 is 23.2 Å². The molecule has 0 aliphatic heterocycles. The molecule has 0 aliphatic carbocycles. The molecule has 1 aromatic carbocycles. The summed E-state index contributed by atoms with van der Waals surface area (Å²) in [5, 5.41) is 13.6. The van der Waals surface area contributed by atoms with Crippen molar-refractivity contribution in [3.05, 3.63) is 38.9 Å². The van der Waals surface area contributed by atoms with Gasteiger partial charge in [0.25, 0.3) is 11.6 Å². The lowest BCUT2D eigenvalue weighted by atomic mass is 10.1. The number of benzene rings is 1. The van der Waals surface area contributed by atoms with Crippen molar-refractivity contribution in [1.82, 2.24) is 5.32 Å². The van der Waals surface area contributed by atoms with Gasteiger partial charge >= 0.3 is 0 Å². The Bertz CT molecular complexity index is 477. The second kappa shape index (κ2) is 7.09. The van der Waals surface area contributed by atoms with E-state index < -0.39 is 4.92 Å². The lowest BCUT2D eigenvalue weighted by molar-refractivity contribution is -0.384. The minimum Gasteiger partial charge on any atom is -0.350 e. The first-order valence-electron chi connectivity index (χ1n) is 6.20. The molecule has 1 aromatic rings. The minimum absolute atomic E-state index is 0.0283. The molecule has 1 rings (SSSR count). The fourth-order valence-electron chi connectivity index (χ4n) is 1.68. The Morgan fingerprint density at radius 2 is 2.21 bits per heavy atom. The molecule has 1 unspecified atom stereocenters. The summed E-state index contributed by atoms with van der Waals surface area (Å²) in [5.41, 5.74) is -0.00465. The molecule has 0 bridgehead atoms. The third-order valence-corrected chi connectivity index (χ3v) is 3.09. The summed E-state index contributed by atoms with van der Waals surface area (Å²) in [6.07, 6.45) is 2.98. The van der Waals surface area contributed by atoms with E-state index in [9.17, 15) is 14.9 Å². The highest BCUT2D eigenvalue weighted by Crippen LogP contribution is 2.25. The first kappa shape index (κ1) is 15.4. The summed E-state index contributed by atoms with van der Waals surface area (Å²) in [6, 6.07) is 4.09. The van der Waals surface area contributed by atoms with Crippen LogP contribution in [-0.4, -0.2) is 16.9 Å². The molecule has 0 saturated carbocycles. The lowest BCUT2D eigenvalue weighted by Crippen LogP contribution is -2.32.